The zero-order valence-electron chi connectivity index (χ0n) is 23.8. The lowest BCUT2D eigenvalue weighted by Crippen LogP contribution is -2.36. The Kier molecular flexibility index (Phi) is 19.0. The maximum Gasteiger partial charge on any atom is 0.291 e. The first-order valence-electron chi connectivity index (χ1n) is 13.7. The molecule has 0 aliphatic rings. The van der Waals surface area contributed by atoms with Crippen LogP contribution in [-0.4, -0.2) is 77.0 Å². The largest absolute Gasteiger partial charge is 0.431 e. The summed E-state index contributed by atoms with van der Waals surface area (Å²) in [5.74, 6) is -1.51. The van der Waals surface area contributed by atoms with Gasteiger partial charge in [0.1, 0.15) is 17.3 Å². The summed E-state index contributed by atoms with van der Waals surface area (Å²) in [5.41, 5.74) is -0.411. The number of ketones is 3. The van der Waals surface area contributed by atoms with E-state index in [0.29, 0.717) is 69.2 Å². The van der Waals surface area contributed by atoms with Gasteiger partial charge in [-0.3, -0.25) is 28.8 Å². The molecule has 0 aromatic heterocycles. The highest BCUT2D eigenvalue weighted by Gasteiger charge is 2.25. The molecule has 13 heteroatoms. The van der Waals surface area contributed by atoms with Crippen molar-refractivity contribution in [3.8, 4) is 0 Å². The summed E-state index contributed by atoms with van der Waals surface area (Å²) in [5, 5.41) is 7.35. The molecule has 1 atom stereocenters. The minimum Gasteiger partial charge on any atom is -0.431 e. The number of carbonyl (C=O) groups is 6. The van der Waals surface area contributed by atoms with Crippen molar-refractivity contribution < 1.29 is 28.8 Å². The van der Waals surface area contributed by atoms with Gasteiger partial charge in [0, 0.05) is 57.0 Å². The van der Waals surface area contributed by atoms with Gasteiger partial charge in [-0.05, 0) is 38.5 Å². The molecule has 4 amide bonds. The quantitative estimate of drug-likeness (QED) is 0.150. The Labute approximate surface area is 237 Å². The van der Waals surface area contributed by atoms with Gasteiger partial charge in [0.15, 0.2) is 0 Å². The predicted octanol–water partition coefficient (Wildman–Crippen LogP) is 1.92. The van der Waals surface area contributed by atoms with E-state index in [1.54, 1.807) is 0 Å². The Morgan fingerprint density at radius 3 is 1.72 bits per heavy atom. The molecule has 0 rings (SSSR count). The highest BCUT2D eigenvalue weighted by atomic mass is 16.2. The number of hydrogen-bond donors (Lipinski definition) is 3. The molecule has 0 unspecified atom stereocenters. The predicted molar refractivity (Wildman–Crippen MR) is 152 cm³/mol. The summed E-state index contributed by atoms with van der Waals surface area (Å²) in [6, 6.07) is -0.604. The maximum absolute atomic E-state index is 12.8. The van der Waals surface area contributed by atoms with Crippen LogP contribution in [0.1, 0.15) is 104 Å². The molecule has 0 aromatic carbocycles. The summed E-state index contributed by atoms with van der Waals surface area (Å²) in [6.45, 7) is 6.27. The van der Waals surface area contributed by atoms with Gasteiger partial charge in [-0.15, -0.1) is 0 Å². The number of hydrogen-bond acceptors (Lipinski definition) is 6. The van der Waals surface area contributed by atoms with E-state index in [0.717, 1.165) is 0 Å². The van der Waals surface area contributed by atoms with Gasteiger partial charge in [-0.25, -0.2) is 0 Å². The van der Waals surface area contributed by atoms with Gasteiger partial charge < -0.3 is 20.6 Å². The van der Waals surface area contributed by atoms with Crippen LogP contribution < -0.4 is 15.9 Å². The number of amides is 4. The Hall–Kier alpha value is -2.59. The van der Waals surface area contributed by atoms with Gasteiger partial charge in [0.25, 0.3) is 6.03 Å². The third-order valence-corrected chi connectivity index (χ3v) is 6.20. The average molecular weight is 540 g/mol. The first kappa shape index (κ1) is 36.4. The molecule has 0 fully saturated rings. The molecule has 10 nitrogen and oxygen atoms in total. The van der Waals surface area contributed by atoms with E-state index in [4.69, 9.17) is 23.9 Å². The van der Waals surface area contributed by atoms with E-state index in [9.17, 15) is 28.8 Å². The minimum absolute atomic E-state index is 0.0400. The molecule has 0 aromatic rings. The number of nitrogens with zero attached hydrogens (tertiary/aromatic N) is 1. The number of Topliss-reactive ketones (excluding diaryl/α,β-unsaturated/α-hetero) is 3. The van der Waals surface area contributed by atoms with Crippen LogP contribution >= 0.6 is 0 Å². The van der Waals surface area contributed by atoms with Gasteiger partial charge in [0.05, 0.1) is 5.92 Å². The fraction of sp³-hybridized carbons (Fsp3) is 0.769. The highest BCUT2D eigenvalue weighted by molar-refractivity contribution is 6.33. The van der Waals surface area contributed by atoms with Gasteiger partial charge in [0.2, 0.25) is 35.8 Å². The van der Waals surface area contributed by atoms with Crippen LogP contribution in [0.4, 0.5) is 4.79 Å². The number of unbranched alkanes of at least 4 members (excludes halogenated alkanes) is 4. The van der Waals surface area contributed by atoms with Crippen LogP contribution in [0.5, 0.6) is 0 Å². The van der Waals surface area contributed by atoms with Crippen LogP contribution in [0.2, 0.25) is 0 Å². The second kappa shape index (κ2) is 20.3. The van der Waals surface area contributed by atoms with Crippen LogP contribution in [0.15, 0.2) is 0 Å². The van der Waals surface area contributed by atoms with E-state index in [1.165, 1.54) is 0 Å². The lowest BCUT2D eigenvalue weighted by Gasteiger charge is -2.17. The minimum atomic E-state index is -0.770. The van der Waals surface area contributed by atoms with E-state index < -0.39 is 17.4 Å². The van der Waals surface area contributed by atoms with Crippen molar-refractivity contribution in [2.75, 3.05) is 13.1 Å². The fourth-order valence-corrected chi connectivity index (χ4v) is 3.74. The smallest absolute Gasteiger partial charge is 0.291 e. The van der Waals surface area contributed by atoms with Crippen LogP contribution in [0.25, 0.3) is 0 Å². The zero-order chi connectivity index (χ0) is 29.8. The topological polar surface area (TPSA) is 142 Å². The number of rotatable bonds is 21. The van der Waals surface area contributed by atoms with Crippen LogP contribution in [0.3, 0.4) is 0 Å². The van der Waals surface area contributed by atoms with Gasteiger partial charge in [-0.1, -0.05) is 27.2 Å². The van der Waals surface area contributed by atoms with Crippen LogP contribution in [0, 0.1) is 11.3 Å². The third-order valence-electron chi connectivity index (χ3n) is 6.20. The molecule has 0 bridgehead atoms. The molecule has 6 radical (unpaired) electrons. The first-order chi connectivity index (χ1) is 18.3. The van der Waals surface area contributed by atoms with Gasteiger partial charge in [-0.2, -0.15) is 0 Å². The van der Waals surface area contributed by atoms with Crippen molar-refractivity contribution in [2.45, 2.75) is 104 Å². The Morgan fingerprint density at radius 1 is 0.692 bits per heavy atom. The average Bonchev–Trinajstić information content (AvgIpc) is 2.86. The molecular weight excluding hydrogens is 497 g/mol. The number of carbonyl (C=O) groups excluding carboxylic acids is 6. The van der Waals surface area contributed by atoms with E-state index in [-0.39, 0.29) is 61.3 Å². The second-order valence-corrected chi connectivity index (χ2v) is 10.8. The molecule has 0 aliphatic carbocycles. The van der Waals surface area contributed by atoms with Crippen LogP contribution in [-0.2, 0) is 24.0 Å². The molecule has 0 heterocycles. The summed E-state index contributed by atoms with van der Waals surface area (Å²) < 4.78 is 0.457. The molecule has 0 saturated heterocycles. The summed E-state index contributed by atoms with van der Waals surface area (Å²) in [6.07, 6.45) is 5.21. The van der Waals surface area contributed by atoms with Crippen molar-refractivity contribution >= 4 is 59.1 Å². The SMILES string of the molecule is [B]NC(=O)CCCCNC(=O)[C@H](CC(=O)CCCCCNC(=O)N([B])[B])CC(=O)CCCCC(=O)C(C)(C)C. The van der Waals surface area contributed by atoms with Crippen molar-refractivity contribution in [2.24, 2.45) is 11.3 Å². The number of nitrogens with one attached hydrogen (secondary N) is 3. The van der Waals surface area contributed by atoms with Crippen molar-refractivity contribution in [1.29, 1.82) is 0 Å². The Morgan fingerprint density at radius 2 is 1.18 bits per heavy atom. The Balaban J connectivity index is 4.69. The molecule has 0 spiro atoms. The molecule has 39 heavy (non-hydrogen) atoms. The monoisotopic (exact) mass is 540 g/mol. The molecule has 0 aliphatic heterocycles. The second-order valence-electron chi connectivity index (χ2n) is 10.8. The summed E-state index contributed by atoms with van der Waals surface area (Å²) in [7, 11) is 15.3. The van der Waals surface area contributed by atoms with Crippen molar-refractivity contribution in [3.05, 3.63) is 0 Å². The lowest BCUT2D eigenvalue weighted by atomic mass is 9.87. The Bertz CT molecular complexity index is 818. The standard InChI is InChI=1S/C26H43B3N4O6/c1-26(2,3)22(36)13-7-6-12-21(35)18-19(24(38)30-15-10-8-14-23(37)32-27)17-20(34)11-5-4-9-16-31-25(39)33(28)29/h19H,4-18H2,1-3H3,(H,30,38)(H,31,39)(H,32,37)/t19-/m1/s1. The molecular formula is C26H43B3N4O6. The lowest BCUT2D eigenvalue weighted by molar-refractivity contribution is -0.132. The van der Waals surface area contributed by atoms with Crippen molar-refractivity contribution in [3.63, 3.8) is 0 Å². The molecule has 0 saturated carbocycles. The number of urea groups is 1. The molecule has 3 N–H and O–H groups in total. The van der Waals surface area contributed by atoms with Gasteiger partial charge >= 0.3 is 0 Å². The highest BCUT2D eigenvalue weighted by Crippen LogP contribution is 2.20. The van der Waals surface area contributed by atoms with E-state index in [1.807, 2.05) is 26.0 Å². The maximum atomic E-state index is 12.8. The fourth-order valence-electron chi connectivity index (χ4n) is 3.74. The zero-order valence-corrected chi connectivity index (χ0v) is 23.8. The molecule has 212 valence electrons. The summed E-state index contributed by atoms with van der Waals surface area (Å²) >= 11 is 0. The van der Waals surface area contributed by atoms with E-state index in [2.05, 4.69) is 10.6 Å². The van der Waals surface area contributed by atoms with Crippen molar-refractivity contribution in [1.82, 2.24) is 20.6 Å². The normalized spacial score (nSPS) is 11.8. The third kappa shape index (κ3) is 19.2. The van der Waals surface area contributed by atoms with E-state index >= 15 is 0 Å². The first-order valence-corrected chi connectivity index (χ1v) is 13.7. The summed E-state index contributed by atoms with van der Waals surface area (Å²) in [4.78, 5) is 72.6.